The number of rotatable bonds is 1. The molecule has 0 saturated carbocycles. The van der Waals surface area contributed by atoms with Crippen LogP contribution < -0.4 is 5.32 Å². The lowest BCUT2D eigenvalue weighted by molar-refractivity contribution is 0.0963. The number of aromatic hydroxyl groups is 1. The third kappa shape index (κ3) is 2.05. The number of carbonyl (C=O) groups excluding carboxylic acids is 1. The molecule has 0 aliphatic rings. The lowest BCUT2D eigenvalue weighted by Crippen LogP contribution is -2.17. The molecule has 1 amide bonds. The van der Waals surface area contributed by atoms with Crippen LogP contribution in [0.4, 0.5) is 0 Å². The molecule has 70 valence electrons. The Hall–Kier alpha value is -0.930. The molecule has 1 aromatic carbocycles. The highest BCUT2D eigenvalue weighted by atomic mass is 35.5. The van der Waals surface area contributed by atoms with Crippen molar-refractivity contribution >= 4 is 29.1 Å². The topological polar surface area (TPSA) is 49.3 Å². The highest BCUT2D eigenvalue weighted by Gasteiger charge is 2.10. The lowest BCUT2D eigenvalue weighted by Gasteiger charge is -2.03. The Kier molecular flexibility index (Phi) is 3.01. The van der Waals surface area contributed by atoms with Crippen LogP contribution in [0, 0.1) is 0 Å². The minimum absolute atomic E-state index is 0.0612. The molecule has 2 N–H and O–H groups in total. The second-order valence-electron chi connectivity index (χ2n) is 2.37. The molecule has 0 spiro atoms. The summed E-state index contributed by atoms with van der Waals surface area (Å²) in [6, 6.07) is 2.70. The molecular formula is C8H7Cl2NO2. The fourth-order valence-corrected chi connectivity index (χ4v) is 1.33. The van der Waals surface area contributed by atoms with E-state index >= 15 is 0 Å². The van der Waals surface area contributed by atoms with Gasteiger partial charge < -0.3 is 10.4 Å². The maximum atomic E-state index is 11.1. The summed E-state index contributed by atoms with van der Waals surface area (Å²) in [7, 11) is 1.50. The zero-order chi connectivity index (χ0) is 10.0. The van der Waals surface area contributed by atoms with Crippen LogP contribution in [0.3, 0.4) is 0 Å². The third-order valence-electron chi connectivity index (χ3n) is 1.51. The normalized spacial score (nSPS) is 9.77. The number of amides is 1. The first-order valence-corrected chi connectivity index (χ1v) is 4.22. The van der Waals surface area contributed by atoms with E-state index in [2.05, 4.69) is 5.32 Å². The lowest BCUT2D eigenvalue weighted by atomic mass is 10.2. The van der Waals surface area contributed by atoms with E-state index in [1.54, 1.807) is 0 Å². The van der Waals surface area contributed by atoms with Crippen molar-refractivity contribution in [3.05, 3.63) is 27.7 Å². The number of phenolic OH excluding ortho intramolecular Hbond substituents is 1. The van der Waals surface area contributed by atoms with Crippen molar-refractivity contribution in [3.8, 4) is 5.75 Å². The summed E-state index contributed by atoms with van der Waals surface area (Å²) in [5.74, 6) is -0.514. The number of nitrogens with one attached hydrogen (secondary N) is 1. The predicted octanol–water partition coefficient (Wildman–Crippen LogP) is 2.06. The first-order valence-electron chi connectivity index (χ1n) is 3.46. The first kappa shape index (κ1) is 10.2. The number of hydrogen-bond donors (Lipinski definition) is 2. The molecule has 0 fully saturated rings. The number of benzene rings is 1. The van der Waals surface area contributed by atoms with Crippen molar-refractivity contribution < 1.29 is 9.90 Å². The SMILES string of the molecule is CNC(=O)c1cc(Cl)c(O)c(Cl)c1. The van der Waals surface area contributed by atoms with Gasteiger partial charge in [-0.1, -0.05) is 23.2 Å². The van der Waals surface area contributed by atoms with Crippen LogP contribution in [-0.4, -0.2) is 18.1 Å². The van der Waals surface area contributed by atoms with Crippen molar-refractivity contribution in [2.75, 3.05) is 7.05 Å². The standard InChI is InChI=1S/C8H7Cl2NO2/c1-11-8(13)4-2-5(9)7(12)6(10)3-4/h2-3,12H,1H3,(H,11,13). The molecule has 0 aliphatic carbocycles. The summed E-state index contributed by atoms with van der Waals surface area (Å²) >= 11 is 11.2. The molecule has 1 aromatic rings. The van der Waals surface area contributed by atoms with Gasteiger partial charge >= 0.3 is 0 Å². The summed E-state index contributed by atoms with van der Waals surface area (Å²) in [5.41, 5.74) is 0.315. The van der Waals surface area contributed by atoms with Crippen LogP contribution in [0.25, 0.3) is 0 Å². The number of hydrogen-bond acceptors (Lipinski definition) is 2. The Balaban J connectivity index is 3.20. The Morgan fingerprint density at radius 2 is 1.85 bits per heavy atom. The Bertz CT molecular complexity index is 329. The highest BCUT2D eigenvalue weighted by molar-refractivity contribution is 6.37. The largest absolute Gasteiger partial charge is 0.505 e. The van der Waals surface area contributed by atoms with Gasteiger partial charge in [0.2, 0.25) is 0 Å². The maximum absolute atomic E-state index is 11.1. The second kappa shape index (κ2) is 3.85. The summed E-state index contributed by atoms with van der Waals surface area (Å²) in [5, 5.41) is 11.7. The van der Waals surface area contributed by atoms with Crippen LogP contribution in [0.15, 0.2) is 12.1 Å². The molecule has 0 bridgehead atoms. The van der Waals surface area contributed by atoms with Crippen molar-refractivity contribution in [1.82, 2.24) is 5.32 Å². The molecule has 0 aliphatic heterocycles. The summed E-state index contributed by atoms with van der Waals surface area (Å²) in [4.78, 5) is 11.1. The molecule has 0 aromatic heterocycles. The Labute approximate surface area is 85.3 Å². The molecule has 0 unspecified atom stereocenters. The van der Waals surface area contributed by atoms with E-state index < -0.39 is 0 Å². The maximum Gasteiger partial charge on any atom is 0.251 e. The van der Waals surface area contributed by atoms with Gasteiger partial charge in [0.25, 0.3) is 5.91 Å². The monoisotopic (exact) mass is 219 g/mol. The Morgan fingerprint density at radius 3 is 2.23 bits per heavy atom. The molecule has 13 heavy (non-hydrogen) atoms. The van der Waals surface area contributed by atoms with Crippen LogP contribution >= 0.6 is 23.2 Å². The van der Waals surface area contributed by atoms with Gasteiger partial charge in [-0.15, -0.1) is 0 Å². The molecule has 0 atom stereocenters. The quantitative estimate of drug-likeness (QED) is 0.760. The second-order valence-corrected chi connectivity index (χ2v) is 3.18. The number of halogens is 2. The molecule has 0 saturated heterocycles. The van der Waals surface area contributed by atoms with E-state index in [4.69, 9.17) is 23.2 Å². The Morgan fingerprint density at radius 1 is 1.38 bits per heavy atom. The predicted molar refractivity (Wildman–Crippen MR) is 51.5 cm³/mol. The van der Waals surface area contributed by atoms with Gasteiger partial charge in [-0.2, -0.15) is 0 Å². The fraction of sp³-hybridized carbons (Fsp3) is 0.125. The summed E-state index contributed by atoms with van der Waals surface area (Å²) in [6.45, 7) is 0. The van der Waals surface area contributed by atoms with E-state index in [-0.39, 0.29) is 21.7 Å². The van der Waals surface area contributed by atoms with Gasteiger partial charge in [-0.25, -0.2) is 0 Å². The smallest absolute Gasteiger partial charge is 0.251 e. The molecule has 5 heteroatoms. The van der Waals surface area contributed by atoms with Crippen molar-refractivity contribution in [1.29, 1.82) is 0 Å². The van der Waals surface area contributed by atoms with Crippen LogP contribution in [0.5, 0.6) is 5.75 Å². The van der Waals surface area contributed by atoms with Gasteiger partial charge in [0.15, 0.2) is 5.75 Å². The first-order chi connectivity index (χ1) is 6.06. The van der Waals surface area contributed by atoms with Crippen LogP contribution in [-0.2, 0) is 0 Å². The summed E-state index contributed by atoms with van der Waals surface area (Å²) < 4.78 is 0. The fourth-order valence-electron chi connectivity index (χ4n) is 0.841. The van der Waals surface area contributed by atoms with E-state index in [1.165, 1.54) is 19.2 Å². The molecule has 0 radical (unpaired) electrons. The van der Waals surface area contributed by atoms with Crippen molar-refractivity contribution in [3.63, 3.8) is 0 Å². The zero-order valence-electron chi connectivity index (χ0n) is 6.77. The molecular weight excluding hydrogens is 213 g/mol. The number of carbonyl (C=O) groups is 1. The molecule has 1 rings (SSSR count). The number of phenols is 1. The highest BCUT2D eigenvalue weighted by Crippen LogP contribution is 2.32. The van der Waals surface area contributed by atoms with Crippen molar-refractivity contribution in [2.24, 2.45) is 0 Å². The van der Waals surface area contributed by atoms with Crippen LogP contribution in [0.2, 0.25) is 10.0 Å². The zero-order valence-corrected chi connectivity index (χ0v) is 8.28. The van der Waals surface area contributed by atoms with E-state index in [1.807, 2.05) is 0 Å². The molecule has 0 heterocycles. The van der Waals surface area contributed by atoms with E-state index in [0.717, 1.165) is 0 Å². The van der Waals surface area contributed by atoms with Gasteiger partial charge in [-0.05, 0) is 12.1 Å². The summed E-state index contributed by atoms with van der Waals surface area (Å²) in [6.07, 6.45) is 0. The third-order valence-corrected chi connectivity index (χ3v) is 2.08. The van der Waals surface area contributed by atoms with Gasteiger partial charge in [-0.3, -0.25) is 4.79 Å². The average Bonchev–Trinajstić information content (AvgIpc) is 2.12. The van der Waals surface area contributed by atoms with E-state index in [9.17, 15) is 9.90 Å². The van der Waals surface area contributed by atoms with Gasteiger partial charge in [0.1, 0.15) is 0 Å². The van der Waals surface area contributed by atoms with Crippen LogP contribution in [0.1, 0.15) is 10.4 Å². The average molecular weight is 220 g/mol. The minimum Gasteiger partial charge on any atom is -0.505 e. The minimum atomic E-state index is -0.302. The van der Waals surface area contributed by atoms with Gasteiger partial charge in [0, 0.05) is 12.6 Å². The molecule has 3 nitrogen and oxygen atoms in total. The van der Waals surface area contributed by atoms with Crippen molar-refractivity contribution in [2.45, 2.75) is 0 Å². The van der Waals surface area contributed by atoms with Gasteiger partial charge in [0.05, 0.1) is 10.0 Å². The van der Waals surface area contributed by atoms with E-state index in [0.29, 0.717) is 5.56 Å².